The second-order valence-electron chi connectivity index (χ2n) is 5.80. The van der Waals surface area contributed by atoms with Crippen LogP contribution in [-0.2, 0) is 0 Å². The molecular weight excluding hydrogens is 318 g/mol. The number of hydrogen-bond donors (Lipinski definition) is 0. The summed E-state index contributed by atoms with van der Waals surface area (Å²) in [7, 11) is 0. The minimum absolute atomic E-state index is 0.0522. The molecule has 1 heterocycles. The molecule has 0 bridgehead atoms. The summed E-state index contributed by atoms with van der Waals surface area (Å²) in [4.78, 5) is 12.6. The van der Waals surface area contributed by atoms with E-state index >= 15 is 0 Å². The van der Waals surface area contributed by atoms with Crippen molar-refractivity contribution < 1.29 is 19.0 Å². The highest BCUT2D eigenvalue weighted by molar-refractivity contribution is 6.14. The Morgan fingerprint density at radius 3 is 2.56 bits per heavy atom. The van der Waals surface area contributed by atoms with Gasteiger partial charge in [-0.2, -0.15) is 5.26 Å². The molecule has 5 nitrogen and oxygen atoms in total. The summed E-state index contributed by atoms with van der Waals surface area (Å²) in [6, 6.07) is 14.1. The molecule has 0 aliphatic carbocycles. The zero-order valence-electron chi connectivity index (χ0n) is 14.0. The Kier molecular flexibility index (Phi) is 4.71. The van der Waals surface area contributed by atoms with Gasteiger partial charge < -0.3 is 14.2 Å². The van der Waals surface area contributed by atoms with Gasteiger partial charge in [-0.3, -0.25) is 4.79 Å². The van der Waals surface area contributed by atoms with Crippen LogP contribution in [0.4, 0.5) is 0 Å². The number of fused-ring (bicyclic) bond motifs is 1. The number of ether oxygens (including phenoxy) is 3. The van der Waals surface area contributed by atoms with Crippen LogP contribution >= 0.6 is 0 Å². The van der Waals surface area contributed by atoms with E-state index in [1.165, 1.54) is 0 Å². The SMILES string of the molecule is CC(C)Oc1ccc(C=C(C#N)C(=O)c2ccc3c(c2)OCO3)cc1. The number of Topliss-reactive ketones (excluding diaryl/α,β-unsaturated/α-hetero) is 1. The maximum absolute atomic E-state index is 12.6. The van der Waals surface area contributed by atoms with Crippen molar-refractivity contribution in [2.45, 2.75) is 20.0 Å². The van der Waals surface area contributed by atoms with Crippen LogP contribution in [0.3, 0.4) is 0 Å². The molecule has 3 rings (SSSR count). The number of ketones is 1. The first-order chi connectivity index (χ1) is 12.1. The third-order valence-electron chi connectivity index (χ3n) is 3.56. The van der Waals surface area contributed by atoms with E-state index in [4.69, 9.17) is 14.2 Å². The number of benzene rings is 2. The maximum Gasteiger partial charge on any atom is 0.231 e. The first kappa shape index (κ1) is 16.6. The monoisotopic (exact) mass is 335 g/mol. The lowest BCUT2D eigenvalue weighted by Crippen LogP contribution is -2.05. The second kappa shape index (κ2) is 7.10. The summed E-state index contributed by atoms with van der Waals surface area (Å²) in [6.45, 7) is 4.04. The largest absolute Gasteiger partial charge is 0.491 e. The predicted octanol–water partition coefficient (Wildman–Crippen LogP) is 3.99. The van der Waals surface area contributed by atoms with Crippen LogP contribution in [0.2, 0.25) is 0 Å². The lowest BCUT2D eigenvalue weighted by atomic mass is 10.0. The van der Waals surface area contributed by atoms with Gasteiger partial charge in [0.1, 0.15) is 17.4 Å². The predicted molar refractivity (Wildman–Crippen MR) is 92.7 cm³/mol. The fraction of sp³-hybridized carbons (Fsp3) is 0.200. The maximum atomic E-state index is 12.6. The molecule has 0 aromatic heterocycles. The molecule has 0 saturated heterocycles. The highest BCUT2D eigenvalue weighted by atomic mass is 16.7. The Bertz CT molecular complexity index is 860. The quantitative estimate of drug-likeness (QED) is 0.469. The molecule has 2 aromatic carbocycles. The molecule has 0 N–H and O–H groups in total. The molecule has 0 saturated carbocycles. The summed E-state index contributed by atoms with van der Waals surface area (Å²) in [5, 5.41) is 9.37. The lowest BCUT2D eigenvalue weighted by Gasteiger charge is -2.09. The zero-order valence-corrected chi connectivity index (χ0v) is 14.0. The van der Waals surface area contributed by atoms with Crippen molar-refractivity contribution in [1.82, 2.24) is 0 Å². The standard InChI is InChI=1S/C20H17NO4/c1-13(2)25-17-6-3-14(4-7-17)9-16(11-21)20(22)15-5-8-18-19(10-15)24-12-23-18/h3-10,13H,12H2,1-2H3. The van der Waals surface area contributed by atoms with Gasteiger partial charge in [0, 0.05) is 5.56 Å². The molecular formula is C20H17NO4. The zero-order chi connectivity index (χ0) is 17.8. The Labute approximate surface area is 146 Å². The van der Waals surface area contributed by atoms with Crippen LogP contribution in [0, 0.1) is 11.3 Å². The van der Waals surface area contributed by atoms with E-state index < -0.39 is 0 Å². The van der Waals surface area contributed by atoms with Crippen molar-refractivity contribution in [2.24, 2.45) is 0 Å². The molecule has 2 aromatic rings. The molecule has 0 unspecified atom stereocenters. The third kappa shape index (κ3) is 3.81. The molecule has 0 spiro atoms. The first-order valence-corrected chi connectivity index (χ1v) is 7.89. The van der Waals surface area contributed by atoms with Gasteiger partial charge in [0.2, 0.25) is 12.6 Å². The van der Waals surface area contributed by atoms with Crippen molar-refractivity contribution in [3.8, 4) is 23.3 Å². The second-order valence-corrected chi connectivity index (χ2v) is 5.80. The average Bonchev–Trinajstić information content (AvgIpc) is 3.07. The first-order valence-electron chi connectivity index (χ1n) is 7.89. The number of carbonyl (C=O) groups is 1. The summed E-state index contributed by atoms with van der Waals surface area (Å²) in [5.74, 6) is 1.49. The lowest BCUT2D eigenvalue weighted by molar-refractivity contribution is 0.103. The number of allylic oxidation sites excluding steroid dienone is 1. The van der Waals surface area contributed by atoms with Gasteiger partial charge in [0.25, 0.3) is 0 Å². The highest BCUT2D eigenvalue weighted by Crippen LogP contribution is 2.33. The molecule has 1 aliphatic heterocycles. The van der Waals surface area contributed by atoms with E-state index in [9.17, 15) is 10.1 Å². The van der Waals surface area contributed by atoms with Gasteiger partial charge in [-0.15, -0.1) is 0 Å². The summed E-state index contributed by atoms with van der Waals surface area (Å²) >= 11 is 0. The van der Waals surface area contributed by atoms with E-state index in [2.05, 4.69) is 0 Å². The van der Waals surface area contributed by atoms with E-state index in [1.807, 2.05) is 44.2 Å². The van der Waals surface area contributed by atoms with Gasteiger partial charge in [0.05, 0.1) is 6.10 Å². The van der Waals surface area contributed by atoms with Gasteiger partial charge in [-0.25, -0.2) is 0 Å². The normalized spacial score (nSPS) is 12.8. The van der Waals surface area contributed by atoms with Gasteiger partial charge in [-0.05, 0) is 55.8 Å². The summed E-state index contributed by atoms with van der Waals surface area (Å²) < 4.78 is 16.1. The molecule has 25 heavy (non-hydrogen) atoms. The fourth-order valence-corrected chi connectivity index (χ4v) is 2.42. The number of nitrogens with zero attached hydrogens (tertiary/aromatic N) is 1. The van der Waals surface area contributed by atoms with E-state index in [-0.39, 0.29) is 24.3 Å². The van der Waals surface area contributed by atoms with Crippen molar-refractivity contribution in [3.05, 3.63) is 59.2 Å². The third-order valence-corrected chi connectivity index (χ3v) is 3.56. The van der Waals surface area contributed by atoms with Crippen molar-refractivity contribution in [1.29, 1.82) is 5.26 Å². The molecule has 5 heteroatoms. The Morgan fingerprint density at radius 2 is 1.88 bits per heavy atom. The molecule has 0 radical (unpaired) electrons. The highest BCUT2D eigenvalue weighted by Gasteiger charge is 2.18. The average molecular weight is 335 g/mol. The van der Waals surface area contributed by atoms with E-state index in [1.54, 1.807) is 24.3 Å². The van der Waals surface area contributed by atoms with Gasteiger partial charge in [-0.1, -0.05) is 12.1 Å². The van der Waals surface area contributed by atoms with Crippen molar-refractivity contribution >= 4 is 11.9 Å². The summed E-state index contributed by atoms with van der Waals surface area (Å²) in [5.41, 5.74) is 1.19. The number of nitriles is 1. The minimum Gasteiger partial charge on any atom is -0.491 e. The Morgan fingerprint density at radius 1 is 1.16 bits per heavy atom. The van der Waals surface area contributed by atoms with E-state index in [0.29, 0.717) is 17.1 Å². The van der Waals surface area contributed by atoms with Crippen molar-refractivity contribution in [3.63, 3.8) is 0 Å². The number of rotatable bonds is 5. The smallest absolute Gasteiger partial charge is 0.231 e. The fourth-order valence-electron chi connectivity index (χ4n) is 2.42. The van der Waals surface area contributed by atoms with Gasteiger partial charge >= 0.3 is 0 Å². The molecule has 0 atom stereocenters. The topological polar surface area (TPSA) is 68.5 Å². The molecule has 0 fully saturated rings. The van der Waals surface area contributed by atoms with Crippen LogP contribution in [0.5, 0.6) is 17.2 Å². The summed E-state index contributed by atoms with van der Waals surface area (Å²) in [6.07, 6.45) is 1.65. The number of hydrogen-bond acceptors (Lipinski definition) is 5. The Balaban J connectivity index is 1.82. The van der Waals surface area contributed by atoms with Crippen LogP contribution < -0.4 is 14.2 Å². The van der Waals surface area contributed by atoms with Crippen molar-refractivity contribution in [2.75, 3.05) is 6.79 Å². The van der Waals surface area contributed by atoms with Crippen LogP contribution in [0.15, 0.2) is 48.0 Å². The number of carbonyl (C=O) groups excluding carboxylic acids is 1. The molecule has 126 valence electrons. The van der Waals surface area contributed by atoms with Gasteiger partial charge in [0.15, 0.2) is 11.5 Å². The Hall–Kier alpha value is -3.26. The van der Waals surface area contributed by atoms with Crippen LogP contribution in [-0.4, -0.2) is 18.7 Å². The van der Waals surface area contributed by atoms with Crippen LogP contribution in [0.25, 0.3) is 6.08 Å². The molecule has 1 aliphatic rings. The van der Waals surface area contributed by atoms with E-state index in [0.717, 1.165) is 11.3 Å². The van der Waals surface area contributed by atoms with Crippen LogP contribution in [0.1, 0.15) is 29.8 Å². The minimum atomic E-state index is -0.358. The molecule has 0 amide bonds.